The maximum atomic E-state index is 11.8. The second kappa shape index (κ2) is 4.22. The van der Waals surface area contributed by atoms with Crippen LogP contribution in [0.5, 0.6) is 0 Å². The lowest BCUT2D eigenvalue weighted by Crippen LogP contribution is -2.24. The minimum absolute atomic E-state index is 0.0269. The first-order valence-electron chi connectivity index (χ1n) is 4.71. The number of aryl methyl sites for hydroxylation is 2. The molecule has 2 heterocycles. The van der Waals surface area contributed by atoms with Gasteiger partial charge >= 0.3 is 0 Å². The van der Waals surface area contributed by atoms with Gasteiger partial charge in [-0.25, -0.2) is 18.1 Å². The number of nitrogens with zero attached hydrogens (tertiary/aromatic N) is 5. The minimum atomic E-state index is -3.64. The van der Waals surface area contributed by atoms with Crippen molar-refractivity contribution in [3.63, 3.8) is 0 Å². The molecule has 0 radical (unpaired) electrons. The summed E-state index contributed by atoms with van der Waals surface area (Å²) in [6.45, 7) is 1.69. The maximum Gasteiger partial charge on any atom is 0.260 e. The van der Waals surface area contributed by atoms with Crippen LogP contribution >= 0.6 is 0 Å². The normalized spacial score (nSPS) is 11.9. The summed E-state index contributed by atoms with van der Waals surface area (Å²) < 4.78 is 27.6. The molecular weight excluding hydrogens is 246 g/mol. The van der Waals surface area contributed by atoms with Crippen LogP contribution in [0.1, 0.15) is 11.6 Å². The molecule has 0 aromatic carbocycles. The Bertz CT molecular complexity index is 581. The molecule has 0 saturated heterocycles. The average Bonchev–Trinajstić information content (AvgIpc) is 2.87. The zero-order chi connectivity index (χ0) is 12.5. The number of nitrogens with one attached hydrogen (secondary N) is 2. The molecule has 0 fully saturated rings. The lowest BCUT2D eigenvalue weighted by Gasteiger charge is -2.00. The number of imidazole rings is 1. The fourth-order valence-electron chi connectivity index (χ4n) is 1.15. The van der Waals surface area contributed by atoms with Gasteiger partial charge in [0.2, 0.25) is 0 Å². The fourth-order valence-corrected chi connectivity index (χ4v) is 2.16. The van der Waals surface area contributed by atoms with Crippen LogP contribution in [0.2, 0.25) is 0 Å². The van der Waals surface area contributed by atoms with E-state index in [4.69, 9.17) is 0 Å². The van der Waals surface area contributed by atoms with E-state index < -0.39 is 10.0 Å². The molecule has 0 aliphatic carbocycles. The van der Waals surface area contributed by atoms with E-state index in [1.54, 1.807) is 18.5 Å². The summed E-state index contributed by atoms with van der Waals surface area (Å²) in [4.78, 5) is 3.93. The Balaban J connectivity index is 2.14. The Kier molecular flexibility index (Phi) is 2.90. The predicted molar refractivity (Wildman–Crippen MR) is 56.1 cm³/mol. The summed E-state index contributed by atoms with van der Waals surface area (Å²) >= 11 is 0. The van der Waals surface area contributed by atoms with Crippen LogP contribution in [-0.2, 0) is 23.6 Å². The summed E-state index contributed by atoms with van der Waals surface area (Å²) in [5, 5.41) is 12.8. The van der Waals surface area contributed by atoms with Gasteiger partial charge in [0.15, 0.2) is 10.9 Å². The van der Waals surface area contributed by atoms with Crippen molar-refractivity contribution in [3.05, 3.63) is 17.8 Å². The SMILES string of the molecule is Cc1nc(S(=O)(=O)NCc2nn[nH]n2)cn1C. The molecule has 0 unspecified atom stereocenters. The van der Waals surface area contributed by atoms with Crippen molar-refractivity contribution in [1.29, 1.82) is 0 Å². The summed E-state index contributed by atoms with van der Waals surface area (Å²) in [5.74, 6) is 0.881. The molecule has 2 N–H and O–H groups in total. The lowest BCUT2D eigenvalue weighted by molar-refractivity contribution is 0.576. The highest BCUT2D eigenvalue weighted by Crippen LogP contribution is 2.07. The highest BCUT2D eigenvalue weighted by molar-refractivity contribution is 7.89. The minimum Gasteiger partial charge on any atom is -0.337 e. The first-order chi connectivity index (χ1) is 7.99. The van der Waals surface area contributed by atoms with Crippen molar-refractivity contribution in [1.82, 2.24) is 34.9 Å². The van der Waals surface area contributed by atoms with Gasteiger partial charge in [-0.05, 0) is 6.92 Å². The quantitative estimate of drug-likeness (QED) is 0.704. The number of hydrogen-bond donors (Lipinski definition) is 2. The summed E-state index contributed by atoms with van der Waals surface area (Å²) in [6.07, 6.45) is 1.44. The molecule has 2 aromatic heterocycles. The van der Waals surface area contributed by atoms with Gasteiger partial charge < -0.3 is 4.57 Å². The third-order valence-electron chi connectivity index (χ3n) is 2.17. The molecule has 0 bridgehead atoms. The molecule has 2 rings (SSSR count). The Morgan fingerprint density at radius 1 is 1.53 bits per heavy atom. The fraction of sp³-hybridized carbons (Fsp3) is 0.429. The maximum absolute atomic E-state index is 11.8. The van der Waals surface area contributed by atoms with Crippen LogP contribution in [0, 0.1) is 6.92 Å². The summed E-state index contributed by atoms with van der Waals surface area (Å²) in [5.41, 5.74) is 0. The van der Waals surface area contributed by atoms with E-state index in [9.17, 15) is 8.42 Å². The van der Waals surface area contributed by atoms with Crippen LogP contribution < -0.4 is 4.72 Å². The first kappa shape index (κ1) is 11.7. The number of aromatic nitrogens is 6. The molecule has 10 heteroatoms. The first-order valence-corrected chi connectivity index (χ1v) is 6.19. The van der Waals surface area contributed by atoms with Gasteiger partial charge in [-0.1, -0.05) is 5.21 Å². The third-order valence-corrected chi connectivity index (χ3v) is 3.44. The molecule has 0 amide bonds. The average molecular weight is 257 g/mol. The number of H-pyrrole nitrogens is 1. The lowest BCUT2D eigenvalue weighted by atomic mass is 10.7. The highest BCUT2D eigenvalue weighted by Gasteiger charge is 2.18. The Hall–Kier alpha value is -1.81. The van der Waals surface area contributed by atoms with Gasteiger partial charge in [0.05, 0.1) is 6.54 Å². The zero-order valence-electron chi connectivity index (χ0n) is 9.25. The van der Waals surface area contributed by atoms with E-state index in [2.05, 4.69) is 30.3 Å². The van der Waals surface area contributed by atoms with E-state index in [0.717, 1.165) is 0 Å². The number of aromatic amines is 1. The van der Waals surface area contributed by atoms with E-state index in [-0.39, 0.29) is 17.4 Å². The van der Waals surface area contributed by atoms with E-state index >= 15 is 0 Å². The Morgan fingerprint density at radius 3 is 2.82 bits per heavy atom. The van der Waals surface area contributed by atoms with Gasteiger partial charge in [-0.3, -0.25) is 0 Å². The van der Waals surface area contributed by atoms with Crippen LogP contribution in [0.25, 0.3) is 0 Å². The molecule has 0 aliphatic rings. The Morgan fingerprint density at radius 2 is 2.29 bits per heavy atom. The topological polar surface area (TPSA) is 118 Å². The molecule has 92 valence electrons. The molecule has 9 nitrogen and oxygen atoms in total. The van der Waals surface area contributed by atoms with E-state index in [1.165, 1.54) is 6.20 Å². The number of rotatable bonds is 4. The zero-order valence-corrected chi connectivity index (χ0v) is 10.1. The molecule has 0 saturated carbocycles. The second-order valence-electron chi connectivity index (χ2n) is 3.39. The molecule has 17 heavy (non-hydrogen) atoms. The van der Waals surface area contributed by atoms with Gasteiger partial charge in [-0.15, -0.1) is 10.2 Å². The van der Waals surface area contributed by atoms with Gasteiger partial charge in [0.1, 0.15) is 5.82 Å². The molecular formula is C7H11N7O2S. The predicted octanol–water partition coefficient (Wildman–Crippen LogP) is -1.28. The van der Waals surface area contributed by atoms with E-state index in [0.29, 0.717) is 5.82 Å². The van der Waals surface area contributed by atoms with Crippen LogP contribution in [0.4, 0.5) is 0 Å². The number of tetrazole rings is 1. The molecule has 0 atom stereocenters. The Labute approximate surface area is 97.3 Å². The highest BCUT2D eigenvalue weighted by atomic mass is 32.2. The van der Waals surface area contributed by atoms with Crippen LogP contribution in [-0.4, -0.2) is 38.6 Å². The van der Waals surface area contributed by atoms with Crippen molar-refractivity contribution >= 4 is 10.0 Å². The smallest absolute Gasteiger partial charge is 0.260 e. The van der Waals surface area contributed by atoms with Crippen molar-refractivity contribution < 1.29 is 8.42 Å². The molecule has 2 aromatic rings. The van der Waals surface area contributed by atoms with E-state index in [1.807, 2.05) is 0 Å². The van der Waals surface area contributed by atoms with Crippen LogP contribution in [0.3, 0.4) is 0 Å². The molecule has 0 aliphatic heterocycles. The van der Waals surface area contributed by atoms with Crippen molar-refractivity contribution in [2.24, 2.45) is 7.05 Å². The van der Waals surface area contributed by atoms with Crippen molar-refractivity contribution in [2.75, 3.05) is 0 Å². The monoisotopic (exact) mass is 257 g/mol. The van der Waals surface area contributed by atoms with Gasteiger partial charge in [-0.2, -0.15) is 5.21 Å². The van der Waals surface area contributed by atoms with Crippen molar-refractivity contribution in [3.8, 4) is 0 Å². The van der Waals surface area contributed by atoms with Crippen LogP contribution in [0.15, 0.2) is 11.2 Å². The standard InChI is InChI=1S/C7H11N7O2S/c1-5-9-7(4-14(5)2)17(15,16)8-3-6-10-12-13-11-6/h4,8H,3H2,1-2H3,(H,10,11,12,13). The summed E-state index contributed by atoms with van der Waals surface area (Å²) in [6, 6.07) is 0. The number of hydrogen-bond acceptors (Lipinski definition) is 6. The van der Waals surface area contributed by atoms with Gasteiger partial charge in [0, 0.05) is 13.2 Å². The number of sulfonamides is 1. The molecule has 0 spiro atoms. The third kappa shape index (κ3) is 2.47. The summed E-state index contributed by atoms with van der Waals surface area (Å²) in [7, 11) is -1.92. The largest absolute Gasteiger partial charge is 0.337 e. The second-order valence-corrected chi connectivity index (χ2v) is 5.10. The van der Waals surface area contributed by atoms with Gasteiger partial charge in [0.25, 0.3) is 10.0 Å². The van der Waals surface area contributed by atoms with Crippen molar-refractivity contribution in [2.45, 2.75) is 18.5 Å².